The van der Waals surface area contributed by atoms with Gasteiger partial charge in [0.05, 0.1) is 0 Å². The molecule has 31 heavy (non-hydrogen) atoms. The Morgan fingerprint density at radius 3 is 2.45 bits per heavy atom. The predicted molar refractivity (Wildman–Crippen MR) is 133 cm³/mol. The van der Waals surface area contributed by atoms with Crippen molar-refractivity contribution in [3.8, 4) is 0 Å². The van der Waals surface area contributed by atoms with Crippen molar-refractivity contribution in [3.05, 3.63) is 18.5 Å². The Morgan fingerprint density at radius 1 is 1.16 bits per heavy atom. The van der Waals surface area contributed by atoms with E-state index in [1.54, 1.807) is 12.4 Å². The van der Waals surface area contributed by atoms with Crippen LogP contribution in [0.3, 0.4) is 0 Å². The van der Waals surface area contributed by atoms with Gasteiger partial charge in [-0.3, -0.25) is 4.99 Å². The van der Waals surface area contributed by atoms with Crippen molar-refractivity contribution in [3.63, 3.8) is 0 Å². The largest absolute Gasteiger partial charge is 0.444 e. The van der Waals surface area contributed by atoms with Crippen molar-refractivity contribution in [1.82, 2.24) is 25.1 Å². The highest BCUT2D eigenvalue weighted by Gasteiger charge is 2.28. The molecule has 0 aliphatic carbocycles. The summed E-state index contributed by atoms with van der Waals surface area (Å²) in [5, 5.41) is 3.52. The Bertz CT molecular complexity index is 718. The number of hydrogen-bond donors (Lipinski definition) is 1. The van der Waals surface area contributed by atoms with Crippen LogP contribution in [0.4, 0.5) is 10.7 Å². The molecule has 1 aromatic heterocycles. The van der Waals surface area contributed by atoms with Crippen molar-refractivity contribution < 1.29 is 9.53 Å². The van der Waals surface area contributed by atoms with E-state index in [4.69, 9.17) is 4.74 Å². The maximum Gasteiger partial charge on any atom is 0.410 e. The van der Waals surface area contributed by atoms with E-state index < -0.39 is 5.60 Å². The molecule has 0 radical (unpaired) electrons. The number of nitrogens with zero attached hydrogens (tertiary/aromatic N) is 6. The molecule has 1 N–H and O–H groups in total. The number of piperidine rings is 1. The highest BCUT2D eigenvalue weighted by atomic mass is 127. The van der Waals surface area contributed by atoms with Crippen LogP contribution in [0.1, 0.15) is 33.6 Å². The number of carbonyl (C=O) groups excluding carboxylic acids is 1. The third-order valence-corrected chi connectivity index (χ3v) is 5.35. The second-order valence-electron chi connectivity index (χ2n) is 8.89. The molecule has 1 atom stereocenters. The zero-order valence-electron chi connectivity index (χ0n) is 19.1. The van der Waals surface area contributed by atoms with E-state index in [0.717, 1.165) is 70.6 Å². The van der Waals surface area contributed by atoms with E-state index in [0.29, 0.717) is 5.92 Å². The summed E-state index contributed by atoms with van der Waals surface area (Å²) < 4.78 is 5.53. The molecule has 2 saturated heterocycles. The number of nitrogens with one attached hydrogen (secondary N) is 1. The van der Waals surface area contributed by atoms with Crippen LogP contribution in [0.2, 0.25) is 0 Å². The van der Waals surface area contributed by atoms with Crippen molar-refractivity contribution in [2.75, 3.05) is 57.8 Å². The SMILES string of the molecule is CN=C(NCC1CCCN(C(=O)OC(C)(C)C)C1)N1CCN(c2ncccn2)CC1.I. The number of carbonyl (C=O) groups is 1. The summed E-state index contributed by atoms with van der Waals surface area (Å²) in [7, 11) is 1.82. The minimum Gasteiger partial charge on any atom is -0.444 e. The van der Waals surface area contributed by atoms with Gasteiger partial charge in [0.25, 0.3) is 0 Å². The predicted octanol–water partition coefficient (Wildman–Crippen LogP) is 2.44. The standard InChI is InChI=1S/C21H35N7O2.HI/c1-21(2,3)30-20(29)28-10-5-7-17(16-28)15-25-18(22-4)26-11-13-27(14-12-26)19-23-8-6-9-24-19;/h6,8-9,17H,5,7,10-16H2,1-4H3,(H,22,25);1H. The minimum atomic E-state index is -0.461. The summed E-state index contributed by atoms with van der Waals surface area (Å²) in [6.45, 7) is 11.5. The van der Waals surface area contributed by atoms with Gasteiger partial charge in [-0.05, 0) is 45.6 Å². The van der Waals surface area contributed by atoms with Crippen molar-refractivity contribution in [2.45, 2.75) is 39.2 Å². The average Bonchev–Trinajstić information content (AvgIpc) is 2.74. The summed E-state index contributed by atoms with van der Waals surface area (Å²) in [6.07, 6.45) is 5.44. The number of aliphatic imine (C=N–C) groups is 1. The number of ether oxygens (including phenoxy) is 1. The topological polar surface area (TPSA) is 86.2 Å². The lowest BCUT2D eigenvalue weighted by atomic mass is 9.98. The molecule has 2 aliphatic rings. The number of likely N-dealkylation sites (tertiary alicyclic amines) is 1. The Morgan fingerprint density at radius 2 is 1.84 bits per heavy atom. The molecule has 2 fully saturated rings. The quantitative estimate of drug-likeness (QED) is 0.355. The summed E-state index contributed by atoms with van der Waals surface area (Å²) in [5.41, 5.74) is -0.461. The summed E-state index contributed by atoms with van der Waals surface area (Å²) >= 11 is 0. The number of piperazine rings is 1. The Hall–Kier alpha value is -1.85. The van der Waals surface area contributed by atoms with E-state index >= 15 is 0 Å². The van der Waals surface area contributed by atoms with Crippen molar-refractivity contribution in [2.24, 2.45) is 10.9 Å². The molecule has 1 aromatic rings. The average molecular weight is 545 g/mol. The van der Waals surface area contributed by atoms with E-state index in [1.165, 1.54) is 0 Å². The minimum absolute atomic E-state index is 0. The van der Waals surface area contributed by atoms with Gasteiger partial charge in [0.15, 0.2) is 5.96 Å². The Labute approximate surface area is 202 Å². The number of amides is 1. The number of guanidine groups is 1. The number of hydrogen-bond acceptors (Lipinski definition) is 6. The first-order valence-corrected chi connectivity index (χ1v) is 10.8. The van der Waals surface area contributed by atoms with E-state index in [2.05, 4.69) is 30.1 Å². The van der Waals surface area contributed by atoms with Crippen molar-refractivity contribution >= 4 is 42.0 Å². The third kappa shape index (κ3) is 7.65. The molecule has 9 nitrogen and oxygen atoms in total. The maximum atomic E-state index is 12.4. The molecule has 0 aromatic carbocycles. The lowest BCUT2D eigenvalue weighted by Crippen LogP contribution is -2.54. The first-order valence-electron chi connectivity index (χ1n) is 10.8. The number of aromatic nitrogens is 2. The first kappa shape index (κ1) is 25.4. The van der Waals surface area contributed by atoms with Gasteiger partial charge in [-0.15, -0.1) is 24.0 Å². The fourth-order valence-corrected chi connectivity index (χ4v) is 3.86. The lowest BCUT2D eigenvalue weighted by molar-refractivity contribution is 0.0168. The van der Waals surface area contributed by atoms with Gasteiger partial charge < -0.3 is 24.8 Å². The van der Waals surface area contributed by atoms with Gasteiger partial charge in [0.2, 0.25) is 5.95 Å². The van der Waals surface area contributed by atoms with Crippen LogP contribution >= 0.6 is 24.0 Å². The molecular formula is C21H36IN7O2. The van der Waals surface area contributed by atoms with Crippen LogP contribution < -0.4 is 10.2 Å². The Balaban J connectivity index is 0.00000341. The van der Waals surface area contributed by atoms with Crippen LogP contribution in [0.15, 0.2) is 23.5 Å². The highest BCUT2D eigenvalue weighted by Crippen LogP contribution is 2.19. The maximum absolute atomic E-state index is 12.4. The number of halogens is 1. The van der Waals surface area contributed by atoms with Gasteiger partial charge in [0, 0.05) is 65.3 Å². The van der Waals surface area contributed by atoms with E-state index in [-0.39, 0.29) is 30.1 Å². The monoisotopic (exact) mass is 545 g/mol. The molecule has 1 unspecified atom stereocenters. The highest BCUT2D eigenvalue weighted by molar-refractivity contribution is 14.0. The number of rotatable bonds is 3. The third-order valence-electron chi connectivity index (χ3n) is 5.35. The molecule has 1 amide bonds. The lowest BCUT2D eigenvalue weighted by Gasteiger charge is -2.37. The smallest absolute Gasteiger partial charge is 0.410 e. The van der Waals surface area contributed by atoms with Gasteiger partial charge >= 0.3 is 6.09 Å². The zero-order valence-corrected chi connectivity index (χ0v) is 21.4. The van der Waals surface area contributed by atoms with Gasteiger partial charge in [-0.1, -0.05) is 0 Å². The zero-order chi connectivity index (χ0) is 21.6. The van der Waals surface area contributed by atoms with Crippen LogP contribution in [-0.4, -0.2) is 90.3 Å². The van der Waals surface area contributed by atoms with Crippen LogP contribution in [0, 0.1) is 5.92 Å². The second-order valence-corrected chi connectivity index (χ2v) is 8.89. The summed E-state index contributed by atoms with van der Waals surface area (Å²) in [6, 6.07) is 1.83. The van der Waals surface area contributed by atoms with Crippen molar-refractivity contribution in [1.29, 1.82) is 0 Å². The molecule has 3 heterocycles. The van der Waals surface area contributed by atoms with Crippen LogP contribution in [-0.2, 0) is 4.74 Å². The fraction of sp³-hybridized carbons (Fsp3) is 0.714. The molecule has 174 valence electrons. The van der Waals surface area contributed by atoms with Gasteiger partial charge in [0.1, 0.15) is 5.60 Å². The summed E-state index contributed by atoms with van der Waals surface area (Å²) in [5.74, 6) is 2.09. The summed E-state index contributed by atoms with van der Waals surface area (Å²) in [4.78, 5) is 31.8. The molecule has 2 aliphatic heterocycles. The van der Waals surface area contributed by atoms with Gasteiger partial charge in [-0.2, -0.15) is 0 Å². The normalized spacial score (nSPS) is 20.2. The van der Waals surface area contributed by atoms with E-state index in [9.17, 15) is 4.79 Å². The molecule has 3 rings (SSSR count). The molecule has 0 saturated carbocycles. The Kier molecular flexibility index (Phi) is 9.57. The molecule has 10 heteroatoms. The first-order chi connectivity index (χ1) is 14.4. The van der Waals surface area contributed by atoms with Crippen LogP contribution in [0.5, 0.6) is 0 Å². The molecule has 0 bridgehead atoms. The second kappa shape index (κ2) is 11.7. The molecule has 0 spiro atoms. The molecular weight excluding hydrogens is 509 g/mol. The fourth-order valence-electron chi connectivity index (χ4n) is 3.86. The van der Waals surface area contributed by atoms with Gasteiger partial charge in [-0.25, -0.2) is 14.8 Å². The van der Waals surface area contributed by atoms with E-state index in [1.807, 2.05) is 38.8 Å². The van der Waals surface area contributed by atoms with Crippen LogP contribution in [0.25, 0.3) is 0 Å². The number of anilines is 1.